The molecule has 4 rings (SSSR count). The summed E-state index contributed by atoms with van der Waals surface area (Å²) in [4.78, 5) is 4.80. The Morgan fingerprint density at radius 1 is 1.22 bits per heavy atom. The van der Waals surface area contributed by atoms with E-state index in [4.69, 9.17) is 24.9 Å². The van der Waals surface area contributed by atoms with E-state index in [1.807, 2.05) is 19.1 Å². The molecule has 1 aliphatic heterocycles. The van der Waals surface area contributed by atoms with Crippen molar-refractivity contribution in [2.24, 2.45) is 5.73 Å². The molecular formula is C21H21FN2O3. The van der Waals surface area contributed by atoms with Crippen LogP contribution in [0.1, 0.15) is 11.1 Å². The van der Waals surface area contributed by atoms with E-state index in [2.05, 4.69) is 0 Å². The number of benzene rings is 2. The smallest absolute Gasteiger partial charge is 0.148 e. The number of ether oxygens (including phenoxy) is 3. The fraction of sp³-hybridized carbons (Fsp3) is 0.286. The van der Waals surface area contributed by atoms with E-state index >= 15 is 0 Å². The van der Waals surface area contributed by atoms with Gasteiger partial charge in [0.1, 0.15) is 34.7 Å². The lowest BCUT2D eigenvalue weighted by molar-refractivity contribution is 0.242. The number of methoxy groups -OCH3 is 2. The number of hydrogen-bond donors (Lipinski definition) is 1. The maximum Gasteiger partial charge on any atom is 0.148 e. The number of nitrogens with zero attached hydrogens (tertiary/aromatic N) is 1. The third-order valence-electron chi connectivity index (χ3n) is 4.97. The predicted octanol–water partition coefficient (Wildman–Crippen LogP) is 3.63. The summed E-state index contributed by atoms with van der Waals surface area (Å²) >= 11 is 0. The molecule has 1 atom stereocenters. The third-order valence-corrected chi connectivity index (χ3v) is 4.97. The minimum atomic E-state index is -0.274. The number of nitrogens with two attached hydrogens (primary N) is 1. The van der Waals surface area contributed by atoms with Gasteiger partial charge in [0.2, 0.25) is 0 Å². The average Bonchev–Trinajstić information content (AvgIpc) is 3.13. The topological polar surface area (TPSA) is 66.6 Å². The minimum absolute atomic E-state index is 0.212. The molecule has 0 radical (unpaired) electrons. The minimum Gasteiger partial charge on any atom is -0.497 e. The Hall–Kier alpha value is -2.86. The summed E-state index contributed by atoms with van der Waals surface area (Å²) in [5, 5.41) is 0.939. The molecule has 27 heavy (non-hydrogen) atoms. The van der Waals surface area contributed by atoms with Crippen LogP contribution < -0.4 is 19.9 Å². The van der Waals surface area contributed by atoms with Gasteiger partial charge in [0.25, 0.3) is 0 Å². The molecule has 3 aromatic rings. The fourth-order valence-corrected chi connectivity index (χ4v) is 3.54. The molecular weight excluding hydrogens is 347 g/mol. The van der Waals surface area contributed by atoms with Crippen molar-refractivity contribution in [2.45, 2.75) is 19.4 Å². The first-order valence-electron chi connectivity index (χ1n) is 8.77. The first-order chi connectivity index (χ1) is 13.0. The van der Waals surface area contributed by atoms with Gasteiger partial charge in [-0.25, -0.2) is 9.37 Å². The van der Waals surface area contributed by atoms with Gasteiger partial charge >= 0.3 is 0 Å². The highest BCUT2D eigenvalue weighted by Crippen LogP contribution is 2.41. The zero-order chi connectivity index (χ0) is 19.1. The second-order valence-electron chi connectivity index (χ2n) is 6.63. The van der Waals surface area contributed by atoms with Gasteiger partial charge in [-0.2, -0.15) is 0 Å². The molecule has 140 valence electrons. The van der Waals surface area contributed by atoms with E-state index in [0.717, 1.165) is 22.0 Å². The molecule has 0 saturated carbocycles. The van der Waals surface area contributed by atoms with Gasteiger partial charge in [-0.15, -0.1) is 0 Å². The Bertz CT molecular complexity index is 1040. The number of pyridine rings is 1. The van der Waals surface area contributed by atoms with Crippen LogP contribution in [0, 0.1) is 12.7 Å². The van der Waals surface area contributed by atoms with Crippen molar-refractivity contribution in [1.29, 1.82) is 0 Å². The molecule has 0 aliphatic carbocycles. The number of fused-ring (bicyclic) bond motifs is 2. The number of hydrogen-bond acceptors (Lipinski definition) is 5. The molecule has 1 aliphatic rings. The molecule has 1 unspecified atom stereocenters. The Kier molecular flexibility index (Phi) is 4.36. The summed E-state index contributed by atoms with van der Waals surface area (Å²) in [6, 6.07) is 8.86. The SMILES string of the molecule is COc1cc(OC)c2nc(-c3ccc(F)c4c3OC(CN)C4)cc(C)c2c1. The Morgan fingerprint density at radius 2 is 2.04 bits per heavy atom. The van der Waals surface area contributed by atoms with Crippen molar-refractivity contribution in [3.8, 4) is 28.5 Å². The zero-order valence-corrected chi connectivity index (χ0v) is 15.5. The van der Waals surface area contributed by atoms with E-state index in [0.29, 0.717) is 41.5 Å². The summed E-state index contributed by atoms with van der Waals surface area (Å²) < 4.78 is 31.0. The van der Waals surface area contributed by atoms with Crippen molar-refractivity contribution in [1.82, 2.24) is 4.98 Å². The number of rotatable bonds is 4. The molecule has 0 amide bonds. The third kappa shape index (κ3) is 2.86. The molecule has 6 heteroatoms. The van der Waals surface area contributed by atoms with Crippen molar-refractivity contribution in [2.75, 3.05) is 20.8 Å². The molecule has 1 aromatic heterocycles. The maximum atomic E-state index is 14.3. The number of aromatic nitrogens is 1. The van der Waals surface area contributed by atoms with Gasteiger partial charge in [-0.1, -0.05) is 0 Å². The molecule has 0 fully saturated rings. The molecule has 2 heterocycles. The van der Waals surface area contributed by atoms with E-state index < -0.39 is 0 Å². The van der Waals surface area contributed by atoms with Crippen molar-refractivity contribution >= 4 is 10.9 Å². The summed E-state index contributed by atoms with van der Waals surface area (Å²) in [5.74, 6) is 1.58. The Balaban J connectivity index is 1.93. The Labute approximate surface area is 156 Å². The summed E-state index contributed by atoms with van der Waals surface area (Å²) in [6.07, 6.45) is 0.259. The molecule has 5 nitrogen and oxygen atoms in total. The van der Waals surface area contributed by atoms with E-state index in [1.165, 1.54) is 6.07 Å². The Morgan fingerprint density at radius 3 is 2.74 bits per heavy atom. The van der Waals surface area contributed by atoms with Crippen molar-refractivity contribution in [3.05, 3.63) is 47.3 Å². The lowest BCUT2D eigenvalue weighted by atomic mass is 10.0. The highest BCUT2D eigenvalue weighted by atomic mass is 19.1. The van der Waals surface area contributed by atoms with Gasteiger partial charge < -0.3 is 19.9 Å². The standard InChI is InChI=1S/C21H21FN2O3/c1-11-6-18(24-20-15(11)7-12(25-2)9-19(20)26-3)14-4-5-17(22)16-8-13(10-23)27-21(14)16/h4-7,9,13H,8,10,23H2,1-3H3. The quantitative estimate of drug-likeness (QED) is 0.762. The van der Waals surface area contributed by atoms with Crippen molar-refractivity contribution < 1.29 is 18.6 Å². The van der Waals surface area contributed by atoms with Crippen LogP contribution in [0.15, 0.2) is 30.3 Å². The van der Waals surface area contributed by atoms with Gasteiger partial charge in [0.05, 0.1) is 19.9 Å². The molecule has 0 saturated heterocycles. The van der Waals surface area contributed by atoms with Crippen LogP contribution in [0.4, 0.5) is 4.39 Å². The van der Waals surface area contributed by atoms with E-state index in [-0.39, 0.29) is 11.9 Å². The van der Waals surface area contributed by atoms with Gasteiger partial charge in [-0.05, 0) is 36.8 Å². The first-order valence-corrected chi connectivity index (χ1v) is 8.77. The van der Waals surface area contributed by atoms with Gasteiger partial charge in [0.15, 0.2) is 0 Å². The lowest BCUT2D eigenvalue weighted by Gasteiger charge is -2.14. The van der Waals surface area contributed by atoms with E-state index in [9.17, 15) is 4.39 Å². The van der Waals surface area contributed by atoms with Crippen LogP contribution >= 0.6 is 0 Å². The largest absolute Gasteiger partial charge is 0.497 e. The highest BCUT2D eigenvalue weighted by molar-refractivity contribution is 5.91. The highest BCUT2D eigenvalue weighted by Gasteiger charge is 2.28. The van der Waals surface area contributed by atoms with E-state index in [1.54, 1.807) is 26.4 Å². The fourth-order valence-electron chi connectivity index (χ4n) is 3.54. The molecule has 2 N–H and O–H groups in total. The van der Waals surface area contributed by atoms with Crippen LogP contribution in [0.5, 0.6) is 17.2 Å². The normalized spacial score (nSPS) is 15.5. The summed E-state index contributed by atoms with van der Waals surface area (Å²) in [7, 11) is 3.22. The van der Waals surface area contributed by atoms with Gasteiger partial charge in [0, 0.05) is 35.5 Å². The molecule has 2 aromatic carbocycles. The molecule has 0 spiro atoms. The monoisotopic (exact) mass is 368 g/mol. The van der Waals surface area contributed by atoms with Crippen LogP contribution in [0.3, 0.4) is 0 Å². The number of aryl methyl sites for hydroxylation is 1. The average molecular weight is 368 g/mol. The second kappa shape index (κ2) is 6.70. The second-order valence-corrected chi connectivity index (χ2v) is 6.63. The zero-order valence-electron chi connectivity index (χ0n) is 15.5. The van der Waals surface area contributed by atoms with Crippen LogP contribution in [-0.2, 0) is 6.42 Å². The van der Waals surface area contributed by atoms with Crippen LogP contribution in [-0.4, -0.2) is 31.9 Å². The van der Waals surface area contributed by atoms with Crippen LogP contribution in [0.25, 0.3) is 22.2 Å². The van der Waals surface area contributed by atoms with Crippen molar-refractivity contribution in [3.63, 3.8) is 0 Å². The summed E-state index contributed by atoms with van der Waals surface area (Å²) in [5.41, 5.74) is 9.48. The molecule has 0 bridgehead atoms. The number of halogens is 1. The van der Waals surface area contributed by atoms with Crippen LogP contribution in [0.2, 0.25) is 0 Å². The lowest BCUT2D eigenvalue weighted by Crippen LogP contribution is -2.24. The van der Waals surface area contributed by atoms with Gasteiger partial charge in [-0.3, -0.25) is 0 Å². The predicted molar refractivity (Wildman–Crippen MR) is 102 cm³/mol. The maximum absolute atomic E-state index is 14.3. The summed E-state index contributed by atoms with van der Waals surface area (Å²) in [6.45, 7) is 2.34. The first kappa shape index (κ1) is 17.5.